The Bertz CT molecular complexity index is 764. The van der Waals surface area contributed by atoms with E-state index in [9.17, 15) is 9.18 Å². The first-order chi connectivity index (χ1) is 11.2. The molecule has 0 unspecified atom stereocenters. The van der Waals surface area contributed by atoms with E-state index in [2.05, 4.69) is 10.3 Å². The highest BCUT2D eigenvalue weighted by Gasteiger charge is 2.09. The molecular weight excluding hydrogens is 299 g/mol. The lowest BCUT2D eigenvalue weighted by molar-refractivity contribution is -0.121. The number of aromatic nitrogens is 1. The maximum Gasteiger partial charge on any atom is 0.220 e. The second-order valence-electron chi connectivity index (χ2n) is 4.98. The fourth-order valence-corrected chi connectivity index (χ4v) is 2.08. The maximum absolute atomic E-state index is 12.9. The molecule has 0 fully saturated rings. The molecule has 0 aliphatic heterocycles. The summed E-state index contributed by atoms with van der Waals surface area (Å²) in [5, 5.41) is 2.76. The number of hydrogen-bond donors (Lipinski definition) is 1. The fourth-order valence-electron chi connectivity index (χ4n) is 2.08. The number of aryl methyl sites for hydroxylation is 1. The molecular formula is C17H15FN2O3. The van der Waals surface area contributed by atoms with Crippen LogP contribution in [0.4, 0.5) is 4.39 Å². The van der Waals surface area contributed by atoms with Gasteiger partial charge in [0.15, 0.2) is 11.7 Å². The second-order valence-corrected chi connectivity index (χ2v) is 4.98. The number of oxazole rings is 1. The number of furan rings is 1. The molecule has 118 valence electrons. The van der Waals surface area contributed by atoms with Gasteiger partial charge in [-0.25, -0.2) is 9.37 Å². The molecule has 1 amide bonds. The third-order valence-corrected chi connectivity index (χ3v) is 3.29. The van der Waals surface area contributed by atoms with E-state index in [1.165, 1.54) is 12.1 Å². The summed E-state index contributed by atoms with van der Waals surface area (Å²) in [7, 11) is 0. The van der Waals surface area contributed by atoms with E-state index in [1.54, 1.807) is 36.7 Å². The maximum atomic E-state index is 12.9. The van der Waals surface area contributed by atoms with Gasteiger partial charge in [-0.2, -0.15) is 0 Å². The largest absolute Gasteiger partial charge is 0.467 e. The molecule has 0 saturated carbocycles. The minimum absolute atomic E-state index is 0.108. The lowest BCUT2D eigenvalue weighted by Gasteiger charge is -2.01. The average molecular weight is 314 g/mol. The first-order valence-electron chi connectivity index (χ1n) is 7.20. The van der Waals surface area contributed by atoms with Crippen molar-refractivity contribution in [3.8, 4) is 11.3 Å². The van der Waals surface area contributed by atoms with Crippen LogP contribution in [0.1, 0.15) is 18.1 Å². The molecule has 0 radical (unpaired) electrons. The van der Waals surface area contributed by atoms with Crippen LogP contribution in [0.25, 0.3) is 11.3 Å². The summed E-state index contributed by atoms with van der Waals surface area (Å²) in [6.45, 7) is 0.359. The van der Waals surface area contributed by atoms with E-state index in [0.29, 0.717) is 30.4 Å². The third-order valence-electron chi connectivity index (χ3n) is 3.29. The number of carbonyl (C=O) groups is 1. The van der Waals surface area contributed by atoms with Crippen molar-refractivity contribution in [1.29, 1.82) is 0 Å². The highest BCUT2D eigenvalue weighted by atomic mass is 19.1. The average Bonchev–Trinajstić information content (AvgIpc) is 3.23. The summed E-state index contributed by atoms with van der Waals surface area (Å²) < 4.78 is 23.6. The zero-order valence-electron chi connectivity index (χ0n) is 12.3. The van der Waals surface area contributed by atoms with Gasteiger partial charge < -0.3 is 14.2 Å². The second kappa shape index (κ2) is 6.91. The molecule has 0 saturated heterocycles. The van der Waals surface area contributed by atoms with Crippen molar-refractivity contribution in [1.82, 2.24) is 10.3 Å². The molecule has 0 aliphatic carbocycles. The number of nitrogens with zero attached hydrogens (tertiary/aromatic N) is 1. The normalized spacial score (nSPS) is 10.7. The Morgan fingerprint density at radius 3 is 2.78 bits per heavy atom. The fraction of sp³-hybridized carbons (Fsp3) is 0.176. The molecule has 6 heteroatoms. The molecule has 0 atom stereocenters. The van der Waals surface area contributed by atoms with Gasteiger partial charge >= 0.3 is 0 Å². The molecule has 1 aromatic carbocycles. The van der Waals surface area contributed by atoms with E-state index in [-0.39, 0.29) is 18.1 Å². The summed E-state index contributed by atoms with van der Waals surface area (Å²) in [6, 6.07) is 9.53. The van der Waals surface area contributed by atoms with Gasteiger partial charge in [0, 0.05) is 18.4 Å². The van der Waals surface area contributed by atoms with Crippen molar-refractivity contribution in [2.24, 2.45) is 0 Å². The Labute approximate surface area is 132 Å². The van der Waals surface area contributed by atoms with Gasteiger partial charge in [0.05, 0.1) is 19.0 Å². The van der Waals surface area contributed by atoms with Crippen LogP contribution in [0.15, 0.2) is 57.7 Å². The summed E-state index contributed by atoms with van der Waals surface area (Å²) in [4.78, 5) is 15.9. The predicted octanol–water partition coefficient (Wildman–Crippen LogP) is 3.32. The van der Waals surface area contributed by atoms with Gasteiger partial charge in [-0.3, -0.25) is 4.79 Å². The lowest BCUT2D eigenvalue weighted by Crippen LogP contribution is -2.22. The SMILES string of the molecule is O=C(CCc1ncc(-c2ccc(F)cc2)o1)NCc1ccco1. The quantitative estimate of drug-likeness (QED) is 0.758. The predicted molar refractivity (Wildman–Crippen MR) is 80.8 cm³/mol. The number of hydrogen-bond acceptors (Lipinski definition) is 4. The van der Waals surface area contributed by atoms with Crippen molar-refractivity contribution in [2.75, 3.05) is 0 Å². The van der Waals surface area contributed by atoms with Crippen LogP contribution in [0.3, 0.4) is 0 Å². The Balaban J connectivity index is 1.50. The number of carbonyl (C=O) groups excluding carboxylic acids is 1. The number of halogens is 1. The zero-order valence-corrected chi connectivity index (χ0v) is 12.3. The lowest BCUT2D eigenvalue weighted by atomic mass is 10.2. The van der Waals surface area contributed by atoms with E-state index in [0.717, 1.165) is 5.56 Å². The van der Waals surface area contributed by atoms with E-state index >= 15 is 0 Å². The minimum atomic E-state index is -0.304. The van der Waals surface area contributed by atoms with E-state index in [4.69, 9.17) is 8.83 Å². The molecule has 23 heavy (non-hydrogen) atoms. The van der Waals surface area contributed by atoms with Crippen molar-refractivity contribution in [3.05, 3.63) is 66.3 Å². The van der Waals surface area contributed by atoms with Gasteiger partial charge in [-0.05, 0) is 36.4 Å². The first-order valence-corrected chi connectivity index (χ1v) is 7.20. The first kappa shape index (κ1) is 15.0. The van der Waals surface area contributed by atoms with Gasteiger partial charge in [0.2, 0.25) is 5.91 Å². The molecule has 3 aromatic rings. The Morgan fingerprint density at radius 1 is 1.22 bits per heavy atom. The summed E-state index contributed by atoms with van der Waals surface area (Å²) in [5.41, 5.74) is 0.743. The number of rotatable bonds is 6. The summed E-state index contributed by atoms with van der Waals surface area (Å²) in [5.74, 6) is 1.31. The van der Waals surface area contributed by atoms with Gasteiger partial charge in [0.25, 0.3) is 0 Å². The molecule has 1 N–H and O–H groups in total. The smallest absolute Gasteiger partial charge is 0.220 e. The Morgan fingerprint density at radius 2 is 2.04 bits per heavy atom. The van der Waals surface area contributed by atoms with Crippen LogP contribution in [-0.4, -0.2) is 10.9 Å². The molecule has 0 spiro atoms. The zero-order chi connectivity index (χ0) is 16.1. The van der Waals surface area contributed by atoms with Crippen molar-refractivity contribution in [2.45, 2.75) is 19.4 Å². The highest BCUT2D eigenvalue weighted by Crippen LogP contribution is 2.21. The van der Waals surface area contributed by atoms with Gasteiger partial charge in [-0.1, -0.05) is 0 Å². The van der Waals surface area contributed by atoms with Crippen LogP contribution in [0, 0.1) is 5.82 Å². The van der Waals surface area contributed by atoms with Crippen molar-refractivity contribution in [3.63, 3.8) is 0 Å². The number of amides is 1. The molecule has 0 bridgehead atoms. The van der Waals surface area contributed by atoms with Crippen molar-refractivity contribution < 1.29 is 18.0 Å². The molecule has 3 rings (SSSR count). The van der Waals surface area contributed by atoms with Gasteiger partial charge in [-0.15, -0.1) is 0 Å². The molecule has 0 aliphatic rings. The number of nitrogens with one attached hydrogen (secondary N) is 1. The minimum Gasteiger partial charge on any atom is -0.467 e. The molecule has 5 nitrogen and oxygen atoms in total. The Hall–Kier alpha value is -2.89. The van der Waals surface area contributed by atoms with Crippen LogP contribution in [0.2, 0.25) is 0 Å². The summed E-state index contributed by atoms with van der Waals surface area (Å²) in [6.07, 6.45) is 3.80. The van der Waals surface area contributed by atoms with Crippen LogP contribution >= 0.6 is 0 Å². The highest BCUT2D eigenvalue weighted by molar-refractivity contribution is 5.75. The standard InChI is InChI=1S/C17H15FN2O3/c18-13-5-3-12(4-6-13)15-11-20-17(23-15)8-7-16(21)19-10-14-2-1-9-22-14/h1-6,9,11H,7-8,10H2,(H,19,21). The van der Waals surface area contributed by atoms with Crippen molar-refractivity contribution >= 4 is 5.91 Å². The molecule has 2 aromatic heterocycles. The van der Waals surface area contributed by atoms with Gasteiger partial charge in [0.1, 0.15) is 11.6 Å². The van der Waals surface area contributed by atoms with Crippen LogP contribution in [0.5, 0.6) is 0 Å². The monoisotopic (exact) mass is 314 g/mol. The Kier molecular flexibility index (Phi) is 4.52. The molecule has 2 heterocycles. The summed E-state index contributed by atoms with van der Waals surface area (Å²) >= 11 is 0. The van der Waals surface area contributed by atoms with E-state index < -0.39 is 0 Å². The van der Waals surface area contributed by atoms with Crippen LogP contribution < -0.4 is 5.32 Å². The number of benzene rings is 1. The third kappa shape index (κ3) is 4.06. The topological polar surface area (TPSA) is 68.3 Å². The van der Waals surface area contributed by atoms with E-state index in [1.807, 2.05) is 0 Å². The van der Waals surface area contributed by atoms with Crippen LogP contribution in [-0.2, 0) is 17.8 Å².